The Labute approximate surface area is 117 Å². The van der Waals surface area contributed by atoms with E-state index in [1.807, 2.05) is 36.7 Å². The maximum Gasteiger partial charge on any atom is 0.274 e. The van der Waals surface area contributed by atoms with Crippen LogP contribution in [0.2, 0.25) is 5.02 Å². The van der Waals surface area contributed by atoms with Gasteiger partial charge in [0, 0.05) is 23.8 Å². The Balaban J connectivity index is 2.23. The number of hydrogen-bond acceptors (Lipinski definition) is 1. The maximum absolute atomic E-state index is 12.5. The molecule has 0 atom stereocenters. The number of rotatable bonds is 1. The standard InChI is InChI=1S/C15H17ClN2O/c1-10-9-12(5-6-13(10)16)14-11(2)17-7-3-4-8-18(17)15(14)19/h5-6,9H,3-4,7-8H2,1-2H3. The van der Waals surface area contributed by atoms with Gasteiger partial charge in [-0.3, -0.25) is 9.48 Å². The average Bonchev–Trinajstić information content (AvgIpc) is 2.66. The van der Waals surface area contributed by atoms with Crippen LogP contribution in [0.1, 0.15) is 24.1 Å². The first-order chi connectivity index (χ1) is 9.09. The van der Waals surface area contributed by atoms with Crippen LogP contribution in [0.3, 0.4) is 0 Å². The third kappa shape index (κ3) is 1.93. The molecule has 4 heteroatoms. The van der Waals surface area contributed by atoms with E-state index in [-0.39, 0.29) is 5.56 Å². The van der Waals surface area contributed by atoms with Crippen molar-refractivity contribution in [1.82, 2.24) is 9.36 Å². The monoisotopic (exact) mass is 276 g/mol. The van der Waals surface area contributed by atoms with Crippen molar-refractivity contribution in [3.8, 4) is 11.1 Å². The van der Waals surface area contributed by atoms with E-state index in [1.165, 1.54) is 0 Å². The number of aryl methyl sites for hydroxylation is 1. The van der Waals surface area contributed by atoms with E-state index in [9.17, 15) is 4.79 Å². The number of aromatic nitrogens is 2. The average molecular weight is 277 g/mol. The summed E-state index contributed by atoms with van der Waals surface area (Å²) in [5.41, 5.74) is 3.98. The molecule has 0 bridgehead atoms. The summed E-state index contributed by atoms with van der Waals surface area (Å²) in [6, 6.07) is 5.80. The zero-order valence-electron chi connectivity index (χ0n) is 11.2. The van der Waals surface area contributed by atoms with E-state index < -0.39 is 0 Å². The van der Waals surface area contributed by atoms with E-state index in [2.05, 4.69) is 4.68 Å². The van der Waals surface area contributed by atoms with Gasteiger partial charge in [0.1, 0.15) is 0 Å². The zero-order valence-corrected chi connectivity index (χ0v) is 12.0. The van der Waals surface area contributed by atoms with Crippen LogP contribution in [0.25, 0.3) is 11.1 Å². The van der Waals surface area contributed by atoms with Gasteiger partial charge in [-0.15, -0.1) is 0 Å². The van der Waals surface area contributed by atoms with E-state index in [0.29, 0.717) is 0 Å². The minimum atomic E-state index is 0.124. The fourth-order valence-electron chi connectivity index (χ4n) is 2.87. The molecule has 3 nitrogen and oxygen atoms in total. The lowest BCUT2D eigenvalue weighted by molar-refractivity contribution is 0.350. The second-order valence-electron chi connectivity index (χ2n) is 5.18. The quantitative estimate of drug-likeness (QED) is 0.784. The Morgan fingerprint density at radius 1 is 1.11 bits per heavy atom. The topological polar surface area (TPSA) is 26.9 Å². The lowest BCUT2D eigenvalue weighted by Crippen LogP contribution is -2.27. The third-order valence-electron chi connectivity index (χ3n) is 3.93. The first kappa shape index (κ1) is 12.5. The van der Waals surface area contributed by atoms with Crippen molar-refractivity contribution >= 4 is 11.6 Å². The smallest absolute Gasteiger partial charge is 0.274 e. The molecular formula is C15H17ClN2O. The minimum absolute atomic E-state index is 0.124. The van der Waals surface area contributed by atoms with Crippen LogP contribution < -0.4 is 5.56 Å². The van der Waals surface area contributed by atoms with Crippen LogP contribution in [0.4, 0.5) is 0 Å². The van der Waals surface area contributed by atoms with Crippen molar-refractivity contribution in [2.24, 2.45) is 0 Å². The predicted molar refractivity (Wildman–Crippen MR) is 77.8 cm³/mol. The van der Waals surface area contributed by atoms with Crippen LogP contribution in [-0.4, -0.2) is 9.36 Å². The van der Waals surface area contributed by atoms with Crippen molar-refractivity contribution < 1.29 is 0 Å². The van der Waals surface area contributed by atoms with E-state index >= 15 is 0 Å². The molecule has 0 fully saturated rings. The van der Waals surface area contributed by atoms with Crippen molar-refractivity contribution in [3.05, 3.63) is 44.8 Å². The number of nitrogens with zero attached hydrogens (tertiary/aromatic N) is 2. The highest BCUT2D eigenvalue weighted by atomic mass is 35.5. The fourth-order valence-corrected chi connectivity index (χ4v) is 2.99. The zero-order chi connectivity index (χ0) is 13.6. The first-order valence-electron chi connectivity index (χ1n) is 6.66. The van der Waals surface area contributed by atoms with Crippen LogP contribution >= 0.6 is 11.6 Å². The van der Waals surface area contributed by atoms with Gasteiger partial charge in [-0.1, -0.05) is 17.7 Å². The van der Waals surface area contributed by atoms with Crippen molar-refractivity contribution in [2.75, 3.05) is 0 Å². The molecule has 19 heavy (non-hydrogen) atoms. The Kier molecular flexibility index (Phi) is 3.02. The summed E-state index contributed by atoms with van der Waals surface area (Å²) in [5.74, 6) is 0. The van der Waals surface area contributed by atoms with Crippen LogP contribution in [-0.2, 0) is 13.1 Å². The van der Waals surface area contributed by atoms with Gasteiger partial charge in [-0.2, -0.15) is 0 Å². The lowest BCUT2D eigenvalue weighted by Gasteiger charge is -2.18. The summed E-state index contributed by atoms with van der Waals surface area (Å²) in [7, 11) is 0. The molecule has 100 valence electrons. The molecule has 0 saturated heterocycles. The Bertz CT molecular complexity index is 697. The molecule has 3 rings (SSSR count). The number of halogens is 1. The molecular weight excluding hydrogens is 260 g/mol. The van der Waals surface area contributed by atoms with Crippen LogP contribution in [0.15, 0.2) is 23.0 Å². The summed E-state index contributed by atoms with van der Waals surface area (Å²) in [6.45, 7) is 5.76. The number of benzene rings is 1. The summed E-state index contributed by atoms with van der Waals surface area (Å²) in [5, 5.41) is 0.741. The van der Waals surface area contributed by atoms with Crippen molar-refractivity contribution in [2.45, 2.75) is 39.8 Å². The molecule has 2 aromatic rings. The SMILES string of the molecule is Cc1cc(-c2c(C)n3n(c2=O)CCCC3)ccc1Cl. The van der Waals surface area contributed by atoms with Gasteiger partial charge in [0.15, 0.2) is 0 Å². The molecule has 0 unspecified atom stereocenters. The van der Waals surface area contributed by atoms with Crippen LogP contribution in [0, 0.1) is 13.8 Å². The summed E-state index contributed by atoms with van der Waals surface area (Å²) in [6.07, 6.45) is 2.23. The van der Waals surface area contributed by atoms with E-state index in [1.54, 1.807) is 0 Å². The highest BCUT2D eigenvalue weighted by Gasteiger charge is 2.20. The summed E-state index contributed by atoms with van der Waals surface area (Å²) in [4.78, 5) is 12.5. The molecule has 1 aliphatic heterocycles. The third-order valence-corrected chi connectivity index (χ3v) is 4.35. The summed E-state index contributed by atoms with van der Waals surface area (Å²) >= 11 is 6.06. The molecule has 0 saturated carbocycles. The Morgan fingerprint density at radius 2 is 1.79 bits per heavy atom. The minimum Gasteiger partial charge on any atom is -0.286 e. The second-order valence-corrected chi connectivity index (χ2v) is 5.59. The van der Waals surface area contributed by atoms with Gasteiger partial charge in [0.05, 0.1) is 5.56 Å². The second kappa shape index (κ2) is 4.57. The molecule has 0 radical (unpaired) electrons. The van der Waals surface area contributed by atoms with Crippen LogP contribution in [0.5, 0.6) is 0 Å². The van der Waals surface area contributed by atoms with Gasteiger partial charge in [-0.05, 0) is 49.9 Å². The molecule has 0 N–H and O–H groups in total. The molecule has 0 spiro atoms. The maximum atomic E-state index is 12.5. The Morgan fingerprint density at radius 3 is 2.42 bits per heavy atom. The van der Waals surface area contributed by atoms with Gasteiger partial charge in [-0.25, -0.2) is 4.68 Å². The predicted octanol–water partition coefficient (Wildman–Crippen LogP) is 3.38. The van der Waals surface area contributed by atoms with Crippen molar-refractivity contribution in [1.29, 1.82) is 0 Å². The van der Waals surface area contributed by atoms with Gasteiger partial charge in [0.2, 0.25) is 0 Å². The van der Waals surface area contributed by atoms with Crippen molar-refractivity contribution in [3.63, 3.8) is 0 Å². The Hall–Kier alpha value is -1.48. The number of hydrogen-bond donors (Lipinski definition) is 0. The molecule has 1 aliphatic rings. The van der Waals surface area contributed by atoms with E-state index in [0.717, 1.165) is 53.3 Å². The highest BCUT2D eigenvalue weighted by molar-refractivity contribution is 6.31. The molecule has 0 amide bonds. The molecule has 1 aromatic heterocycles. The van der Waals surface area contributed by atoms with Gasteiger partial charge < -0.3 is 0 Å². The highest BCUT2D eigenvalue weighted by Crippen LogP contribution is 2.26. The number of fused-ring (bicyclic) bond motifs is 1. The van der Waals surface area contributed by atoms with Gasteiger partial charge in [0.25, 0.3) is 5.56 Å². The lowest BCUT2D eigenvalue weighted by atomic mass is 10.0. The van der Waals surface area contributed by atoms with E-state index in [4.69, 9.17) is 11.6 Å². The largest absolute Gasteiger partial charge is 0.286 e. The summed E-state index contributed by atoms with van der Waals surface area (Å²) < 4.78 is 3.99. The normalized spacial score (nSPS) is 14.5. The fraction of sp³-hybridized carbons (Fsp3) is 0.400. The molecule has 1 aromatic carbocycles. The molecule has 2 heterocycles. The molecule has 0 aliphatic carbocycles. The first-order valence-corrected chi connectivity index (χ1v) is 7.04. The van der Waals surface area contributed by atoms with Gasteiger partial charge >= 0.3 is 0 Å².